The third kappa shape index (κ3) is 28.9. The number of aromatic nitrogens is 15. The molecule has 0 aliphatic carbocycles. The zero-order chi connectivity index (χ0) is 87.0. The van der Waals surface area contributed by atoms with Gasteiger partial charge in [-0.25, -0.2) is 29.3 Å². The highest BCUT2D eigenvalue weighted by Crippen LogP contribution is 2.29. The number of pyridine rings is 15. The van der Waals surface area contributed by atoms with Crippen molar-refractivity contribution in [1.82, 2.24) is 74.8 Å². The Hall–Kier alpha value is -15.5. The van der Waals surface area contributed by atoms with Crippen molar-refractivity contribution in [2.24, 2.45) is 0 Å². The molecule has 15 aromatic rings. The molecule has 0 aliphatic heterocycles. The number of Topliss-reactive ketones (excluding diaryl/α,β-unsaturated/α-hetero) is 5. The van der Waals surface area contributed by atoms with E-state index in [4.69, 9.17) is 23.7 Å². The number of hydrogen-bond acceptors (Lipinski definition) is 25. The summed E-state index contributed by atoms with van der Waals surface area (Å²) in [6.45, 7) is 19.0. The standard InChI is InChI=1S/C20H18FN3O2.C20H19N3O2.3C19H17N3O2/c1-3-15-5-4-6-16(24-15)9-20(25)19-10-17(7-13(2)23-19)26-18-8-14(21)11-22-12-18;1-3-15-6-4-7-16(23-15)11-20(24)19-12-18(10-14(2)22-19)25-17-8-5-9-21-13-17;3*1-13-5-6-15(21-11-13)9-19(23)18-10-17(8-14(2)22-18)24-16-4-3-7-20-12-16/h4-8,10-12H,3,9H2,1-2H3;4-10,12-13H,3,11H2,1-2H3;3*3-8,10-12H,9H2,1-2H3. The zero-order valence-corrected chi connectivity index (χ0v) is 69.5. The summed E-state index contributed by atoms with van der Waals surface area (Å²) in [5.74, 6) is 4.37. The van der Waals surface area contributed by atoms with Crippen LogP contribution in [0.2, 0.25) is 0 Å². The molecule has 0 spiro atoms. The van der Waals surface area contributed by atoms with Gasteiger partial charge in [0.15, 0.2) is 28.9 Å². The van der Waals surface area contributed by atoms with Crippen LogP contribution in [-0.2, 0) is 44.9 Å². The van der Waals surface area contributed by atoms with E-state index in [-0.39, 0.29) is 72.5 Å². The van der Waals surface area contributed by atoms with E-state index in [1.54, 1.807) is 178 Å². The van der Waals surface area contributed by atoms with E-state index in [0.717, 1.165) is 92.7 Å². The SMILES string of the molecule is CCc1cccc(CC(=O)c2cc(Oc3cccnc3)cc(C)n2)n1.CCc1cccc(CC(=O)c2cc(Oc3cncc(F)c3)cc(C)n2)n1.Cc1ccc(CC(=O)c2cc(Oc3cccnc3)cc(C)n2)nc1.Cc1ccc(CC(=O)c2cc(Oc3cccnc3)cc(C)n2)nc1.Cc1ccc(CC(=O)c2cc(Oc3cccnc3)cc(C)n2)nc1. The molecule has 618 valence electrons. The van der Waals surface area contributed by atoms with E-state index in [1.165, 1.54) is 12.3 Å². The van der Waals surface area contributed by atoms with Crippen LogP contribution in [0, 0.1) is 61.2 Å². The molecule has 0 saturated heterocycles. The monoisotopic (exact) mass is 1640 g/mol. The van der Waals surface area contributed by atoms with Gasteiger partial charge in [-0.15, -0.1) is 0 Å². The highest BCUT2D eigenvalue weighted by atomic mass is 19.1. The van der Waals surface area contributed by atoms with Gasteiger partial charge in [0.25, 0.3) is 0 Å². The number of nitrogens with zero attached hydrogens (tertiary/aromatic N) is 15. The minimum atomic E-state index is -0.494. The van der Waals surface area contributed by atoms with Crippen LogP contribution in [0.3, 0.4) is 0 Å². The first-order valence-corrected chi connectivity index (χ1v) is 39.3. The van der Waals surface area contributed by atoms with Crippen LogP contribution in [0.4, 0.5) is 4.39 Å². The summed E-state index contributed by atoms with van der Waals surface area (Å²) >= 11 is 0. The van der Waals surface area contributed by atoms with Gasteiger partial charge >= 0.3 is 0 Å². The highest BCUT2D eigenvalue weighted by Gasteiger charge is 2.19. The number of halogens is 1. The molecule has 0 bridgehead atoms. The van der Waals surface area contributed by atoms with Crippen molar-refractivity contribution < 1.29 is 52.0 Å². The molecule has 0 atom stereocenters. The number of hydrogen-bond donors (Lipinski definition) is 0. The maximum absolute atomic E-state index is 13.2. The smallest absolute Gasteiger partial charge is 0.187 e. The quantitative estimate of drug-likeness (QED) is 0.0432. The molecule has 0 amide bonds. The molecule has 15 heterocycles. The van der Waals surface area contributed by atoms with E-state index in [0.29, 0.717) is 85.9 Å². The van der Waals surface area contributed by atoms with Crippen LogP contribution in [0.15, 0.2) is 269 Å². The molecule has 0 saturated carbocycles. The van der Waals surface area contributed by atoms with Crippen LogP contribution >= 0.6 is 0 Å². The van der Waals surface area contributed by atoms with E-state index < -0.39 is 5.82 Å². The first-order valence-electron chi connectivity index (χ1n) is 39.3. The number of ether oxygens (including phenoxy) is 5. The van der Waals surface area contributed by atoms with E-state index >= 15 is 0 Å². The van der Waals surface area contributed by atoms with Crippen molar-refractivity contribution in [3.63, 3.8) is 0 Å². The molecule has 15 rings (SSSR count). The Morgan fingerprint density at radius 2 is 0.512 bits per heavy atom. The summed E-state index contributed by atoms with van der Waals surface area (Å²) in [7, 11) is 0. The average Bonchev–Trinajstić information content (AvgIpc) is 0.870. The minimum Gasteiger partial charge on any atom is -0.456 e. The van der Waals surface area contributed by atoms with Gasteiger partial charge in [0, 0.05) is 178 Å². The second kappa shape index (κ2) is 44.4. The second-order valence-electron chi connectivity index (χ2n) is 28.2. The van der Waals surface area contributed by atoms with Gasteiger partial charge in [0.2, 0.25) is 0 Å². The van der Waals surface area contributed by atoms with Gasteiger partial charge in [-0.3, -0.25) is 73.8 Å². The Kier molecular flexibility index (Phi) is 31.9. The topological polar surface area (TPSA) is 325 Å². The molecule has 0 aromatic carbocycles. The fraction of sp³-hybridized carbons (Fsp3) is 0.175. The molecule has 0 unspecified atom stereocenters. The van der Waals surface area contributed by atoms with Crippen LogP contribution in [-0.4, -0.2) is 104 Å². The van der Waals surface area contributed by atoms with E-state index in [1.807, 2.05) is 141 Å². The van der Waals surface area contributed by atoms with Gasteiger partial charge in [-0.1, -0.05) is 44.2 Å². The molecule has 123 heavy (non-hydrogen) atoms. The first kappa shape index (κ1) is 88.3. The van der Waals surface area contributed by atoms with Crippen LogP contribution < -0.4 is 23.7 Å². The van der Waals surface area contributed by atoms with Crippen molar-refractivity contribution >= 4 is 28.9 Å². The van der Waals surface area contributed by atoms with Crippen LogP contribution in [0.1, 0.15) is 151 Å². The molecule has 26 heteroatoms. The Balaban J connectivity index is 0.000000150. The van der Waals surface area contributed by atoms with Crippen molar-refractivity contribution in [3.05, 3.63) is 388 Å². The number of rotatable bonds is 27. The number of carbonyl (C=O) groups excluding carboxylic acids is 5. The predicted molar refractivity (Wildman–Crippen MR) is 461 cm³/mol. The van der Waals surface area contributed by atoms with Gasteiger partial charge in [0.1, 0.15) is 91.8 Å². The van der Waals surface area contributed by atoms with Gasteiger partial charge < -0.3 is 23.7 Å². The van der Waals surface area contributed by atoms with Crippen molar-refractivity contribution in [2.45, 2.75) is 114 Å². The summed E-state index contributed by atoms with van der Waals surface area (Å²) in [5, 5.41) is 0. The van der Waals surface area contributed by atoms with Crippen molar-refractivity contribution in [2.75, 3.05) is 0 Å². The van der Waals surface area contributed by atoms with Crippen LogP contribution in [0.25, 0.3) is 0 Å². The average molecular weight is 1640 g/mol. The van der Waals surface area contributed by atoms with E-state index in [2.05, 4.69) is 74.8 Å². The maximum Gasteiger partial charge on any atom is 0.187 e. The largest absolute Gasteiger partial charge is 0.456 e. The summed E-state index contributed by atoms with van der Waals surface area (Å²) in [4.78, 5) is 126. The third-order valence-electron chi connectivity index (χ3n) is 17.5. The number of aryl methyl sites for hydroxylation is 10. The summed E-state index contributed by atoms with van der Waals surface area (Å²) < 4.78 is 41.9. The lowest BCUT2D eigenvalue weighted by Gasteiger charge is -2.08. The normalized spacial score (nSPS) is 10.5. The van der Waals surface area contributed by atoms with Crippen LogP contribution in [0.5, 0.6) is 57.5 Å². The zero-order valence-electron chi connectivity index (χ0n) is 69.5. The lowest BCUT2D eigenvalue weighted by molar-refractivity contribution is 0.0978. The Morgan fingerprint density at radius 3 is 0.756 bits per heavy atom. The molecule has 15 aromatic heterocycles. The summed E-state index contributed by atoms with van der Waals surface area (Å²) in [6, 6.07) is 55.4. The molecule has 0 fully saturated rings. The van der Waals surface area contributed by atoms with Crippen molar-refractivity contribution in [3.8, 4) is 57.5 Å². The predicted octanol–water partition coefficient (Wildman–Crippen LogP) is 19.2. The fourth-order valence-electron chi connectivity index (χ4n) is 11.7. The molecular formula is C97H88FN15O10. The molecule has 0 aliphatic rings. The first-order chi connectivity index (χ1) is 59.5. The second-order valence-corrected chi connectivity index (χ2v) is 28.2. The van der Waals surface area contributed by atoms with Gasteiger partial charge in [-0.05, 0) is 176 Å². The Morgan fingerprint density at radius 1 is 0.252 bits per heavy atom. The summed E-state index contributed by atoms with van der Waals surface area (Å²) in [6.07, 6.45) is 23.6. The fourth-order valence-corrected chi connectivity index (χ4v) is 11.7. The highest BCUT2D eigenvalue weighted by molar-refractivity contribution is 5.98. The summed E-state index contributed by atoms with van der Waals surface area (Å²) in [5.41, 5.74) is 14.0. The lowest BCUT2D eigenvalue weighted by atomic mass is 10.1. The van der Waals surface area contributed by atoms with Gasteiger partial charge in [0.05, 0.1) is 69.3 Å². The van der Waals surface area contributed by atoms with Gasteiger partial charge in [-0.2, -0.15) is 0 Å². The Bertz CT molecular complexity index is 5740. The number of ketones is 5. The lowest BCUT2D eigenvalue weighted by Crippen LogP contribution is -2.09. The molecular weight excluding hydrogens is 1550 g/mol. The van der Waals surface area contributed by atoms with E-state index in [9.17, 15) is 28.4 Å². The maximum atomic E-state index is 13.2. The molecule has 0 radical (unpaired) electrons. The minimum absolute atomic E-state index is 0.0829. The Labute approximate surface area is 711 Å². The molecule has 0 N–H and O–H groups in total. The van der Waals surface area contributed by atoms with Crippen molar-refractivity contribution in [1.29, 1.82) is 0 Å². The number of carbonyl (C=O) groups is 5. The third-order valence-corrected chi connectivity index (χ3v) is 17.5. The molecule has 25 nitrogen and oxygen atoms in total.